The summed E-state index contributed by atoms with van der Waals surface area (Å²) in [7, 11) is 0. The SMILES string of the molecule is c1ccc(-c2ccccc2N(c2ccc3c(c2)sc2cc4ccccc4cc23)c2cccc3c2ccc2ccc4ccccc4c23)cc1. The molecule has 0 saturated heterocycles. The van der Waals surface area contributed by atoms with Crippen LogP contribution in [0.25, 0.3) is 74.4 Å². The molecule has 0 saturated carbocycles. The van der Waals surface area contributed by atoms with Crippen LogP contribution >= 0.6 is 11.3 Å². The van der Waals surface area contributed by atoms with Gasteiger partial charge in [0.05, 0.1) is 11.4 Å². The van der Waals surface area contributed by atoms with Gasteiger partial charge in [0, 0.05) is 36.8 Å². The van der Waals surface area contributed by atoms with Crippen LogP contribution < -0.4 is 4.90 Å². The minimum atomic E-state index is 1.15. The molecule has 0 fully saturated rings. The summed E-state index contributed by atoms with van der Waals surface area (Å²) < 4.78 is 2.61. The van der Waals surface area contributed by atoms with E-state index in [4.69, 9.17) is 0 Å². The molecular weight excluding hydrogens is 599 g/mol. The van der Waals surface area contributed by atoms with Crippen LogP contribution in [0.1, 0.15) is 0 Å². The molecule has 224 valence electrons. The molecule has 1 heterocycles. The number of thiophene rings is 1. The fourth-order valence-electron chi connectivity index (χ4n) is 7.57. The maximum Gasteiger partial charge on any atom is 0.0540 e. The number of anilines is 3. The van der Waals surface area contributed by atoms with E-state index < -0.39 is 0 Å². The maximum absolute atomic E-state index is 2.47. The van der Waals surface area contributed by atoms with E-state index in [0.717, 1.165) is 17.1 Å². The molecule has 0 aliphatic rings. The van der Waals surface area contributed by atoms with Crippen molar-refractivity contribution in [2.45, 2.75) is 0 Å². The third-order valence-corrected chi connectivity index (χ3v) is 10.9. The molecule has 0 aliphatic heterocycles. The van der Waals surface area contributed by atoms with Gasteiger partial charge in [-0.15, -0.1) is 11.3 Å². The number of para-hydroxylation sites is 1. The Morgan fingerprint density at radius 1 is 0.354 bits per heavy atom. The highest BCUT2D eigenvalue weighted by Crippen LogP contribution is 2.47. The van der Waals surface area contributed by atoms with Gasteiger partial charge in [0.15, 0.2) is 0 Å². The average Bonchev–Trinajstić information content (AvgIpc) is 3.50. The van der Waals surface area contributed by atoms with Gasteiger partial charge in [0.25, 0.3) is 0 Å². The van der Waals surface area contributed by atoms with Crippen LogP contribution in [0, 0.1) is 0 Å². The third kappa shape index (κ3) is 4.24. The van der Waals surface area contributed by atoms with E-state index in [1.165, 1.54) is 74.4 Å². The molecule has 0 unspecified atom stereocenters. The van der Waals surface area contributed by atoms with E-state index in [1.807, 2.05) is 11.3 Å². The average molecular weight is 628 g/mol. The Kier molecular flexibility index (Phi) is 6.12. The van der Waals surface area contributed by atoms with Crippen LogP contribution in [0.2, 0.25) is 0 Å². The molecule has 0 atom stereocenters. The molecular formula is C46H29NS. The zero-order chi connectivity index (χ0) is 31.6. The minimum Gasteiger partial charge on any atom is -0.309 e. The van der Waals surface area contributed by atoms with Crippen molar-refractivity contribution in [2.75, 3.05) is 4.90 Å². The number of nitrogens with zero attached hydrogens (tertiary/aromatic N) is 1. The van der Waals surface area contributed by atoms with Gasteiger partial charge in [-0.05, 0) is 79.7 Å². The highest BCUT2D eigenvalue weighted by Gasteiger charge is 2.21. The highest BCUT2D eigenvalue weighted by atomic mass is 32.1. The molecule has 2 heteroatoms. The van der Waals surface area contributed by atoms with Gasteiger partial charge in [-0.25, -0.2) is 0 Å². The first-order valence-corrected chi connectivity index (χ1v) is 17.2. The lowest BCUT2D eigenvalue weighted by atomic mass is 9.95. The molecule has 10 rings (SSSR count). The molecule has 10 aromatic rings. The lowest BCUT2D eigenvalue weighted by Gasteiger charge is -2.29. The largest absolute Gasteiger partial charge is 0.309 e. The van der Waals surface area contributed by atoms with Crippen molar-refractivity contribution in [3.8, 4) is 11.1 Å². The van der Waals surface area contributed by atoms with Crippen molar-refractivity contribution >= 4 is 91.7 Å². The number of fused-ring (bicyclic) bond motifs is 9. The zero-order valence-corrected chi connectivity index (χ0v) is 26.9. The second kappa shape index (κ2) is 10.8. The monoisotopic (exact) mass is 627 g/mol. The lowest BCUT2D eigenvalue weighted by Crippen LogP contribution is -2.11. The van der Waals surface area contributed by atoms with Gasteiger partial charge < -0.3 is 4.90 Å². The van der Waals surface area contributed by atoms with Crippen molar-refractivity contribution < 1.29 is 0 Å². The summed E-state index contributed by atoms with van der Waals surface area (Å²) in [5.41, 5.74) is 5.86. The number of rotatable bonds is 4. The van der Waals surface area contributed by atoms with Crippen LogP contribution in [0.4, 0.5) is 17.1 Å². The van der Waals surface area contributed by atoms with Crippen LogP contribution in [-0.2, 0) is 0 Å². The fourth-order valence-corrected chi connectivity index (χ4v) is 8.74. The van der Waals surface area contributed by atoms with Crippen molar-refractivity contribution in [3.05, 3.63) is 176 Å². The Morgan fingerprint density at radius 2 is 1.00 bits per heavy atom. The van der Waals surface area contributed by atoms with Gasteiger partial charge >= 0.3 is 0 Å². The van der Waals surface area contributed by atoms with Gasteiger partial charge in [-0.1, -0.05) is 140 Å². The Hall–Kier alpha value is -5.96. The van der Waals surface area contributed by atoms with Gasteiger partial charge in [0.1, 0.15) is 0 Å². The van der Waals surface area contributed by atoms with Crippen molar-refractivity contribution in [2.24, 2.45) is 0 Å². The van der Waals surface area contributed by atoms with Crippen LogP contribution in [-0.4, -0.2) is 0 Å². The predicted molar refractivity (Wildman–Crippen MR) is 209 cm³/mol. The topological polar surface area (TPSA) is 3.24 Å². The molecule has 1 nitrogen and oxygen atoms in total. The molecule has 9 aromatic carbocycles. The summed E-state index contributed by atoms with van der Waals surface area (Å²) in [4.78, 5) is 2.47. The normalized spacial score (nSPS) is 11.8. The van der Waals surface area contributed by atoms with E-state index in [-0.39, 0.29) is 0 Å². The summed E-state index contributed by atoms with van der Waals surface area (Å²) in [5.74, 6) is 0. The summed E-state index contributed by atoms with van der Waals surface area (Å²) in [6.07, 6.45) is 0. The first kappa shape index (κ1) is 27.2. The van der Waals surface area contributed by atoms with Crippen LogP contribution in [0.3, 0.4) is 0 Å². The second-order valence-electron chi connectivity index (χ2n) is 12.5. The van der Waals surface area contributed by atoms with Crippen molar-refractivity contribution in [3.63, 3.8) is 0 Å². The maximum atomic E-state index is 2.47. The Labute approximate surface area is 282 Å². The van der Waals surface area contributed by atoms with Crippen LogP contribution in [0.15, 0.2) is 176 Å². The third-order valence-electron chi connectivity index (χ3n) is 9.80. The van der Waals surface area contributed by atoms with E-state index in [0.29, 0.717) is 0 Å². The minimum absolute atomic E-state index is 1.15. The Bertz CT molecular complexity index is 2850. The molecule has 48 heavy (non-hydrogen) atoms. The van der Waals surface area contributed by atoms with E-state index in [1.54, 1.807) is 0 Å². The predicted octanol–water partition coefficient (Wildman–Crippen LogP) is 13.8. The van der Waals surface area contributed by atoms with Crippen LogP contribution in [0.5, 0.6) is 0 Å². The lowest BCUT2D eigenvalue weighted by molar-refractivity contribution is 1.30. The molecule has 0 amide bonds. The smallest absolute Gasteiger partial charge is 0.0540 e. The Morgan fingerprint density at radius 3 is 1.90 bits per heavy atom. The first-order valence-electron chi connectivity index (χ1n) is 16.4. The zero-order valence-electron chi connectivity index (χ0n) is 26.1. The quantitative estimate of drug-likeness (QED) is 0.176. The summed E-state index contributed by atoms with van der Waals surface area (Å²) in [6.45, 7) is 0. The Balaban J connectivity index is 1.27. The summed E-state index contributed by atoms with van der Waals surface area (Å²) in [6, 6.07) is 64.6. The van der Waals surface area contributed by atoms with Gasteiger partial charge in [-0.2, -0.15) is 0 Å². The molecule has 0 bridgehead atoms. The van der Waals surface area contributed by atoms with E-state index in [9.17, 15) is 0 Å². The molecule has 0 aliphatic carbocycles. The number of benzene rings is 9. The number of hydrogen-bond acceptors (Lipinski definition) is 2. The second-order valence-corrected chi connectivity index (χ2v) is 13.6. The van der Waals surface area contributed by atoms with Crippen molar-refractivity contribution in [1.29, 1.82) is 0 Å². The molecule has 0 N–H and O–H groups in total. The fraction of sp³-hybridized carbons (Fsp3) is 0. The summed E-state index contributed by atoms with van der Waals surface area (Å²) >= 11 is 1.88. The molecule has 1 aromatic heterocycles. The van der Waals surface area contributed by atoms with E-state index in [2.05, 4.69) is 181 Å². The van der Waals surface area contributed by atoms with Gasteiger partial charge in [0.2, 0.25) is 0 Å². The highest BCUT2D eigenvalue weighted by molar-refractivity contribution is 7.25. The molecule has 0 radical (unpaired) electrons. The first-order chi connectivity index (χ1) is 23.8. The van der Waals surface area contributed by atoms with E-state index >= 15 is 0 Å². The number of hydrogen-bond donors (Lipinski definition) is 0. The van der Waals surface area contributed by atoms with Crippen molar-refractivity contribution in [1.82, 2.24) is 0 Å². The molecule has 0 spiro atoms. The summed E-state index contributed by atoms with van der Waals surface area (Å²) in [5, 5.41) is 12.8. The van der Waals surface area contributed by atoms with Gasteiger partial charge in [-0.3, -0.25) is 0 Å². The standard InChI is InChI=1S/C46H29NS/c1-2-11-30(12-3-1)36-16-8-9-19-42(36)47(35-24-26-39-41-27-33-14-4-5-15-34(33)28-44(41)48-45(39)29-35)43-20-10-18-40-38(43)25-23-32-22-21-31-13-6-7-17-37(31)46(32)40/h1-29H.